The SMILES string of the molecule is CCO[C@@H](Cc1ccc(O)c(Br)c1)C(=O)OC(C)C. The van der Waals surface area contributed by atoms with Gasteiger partial charge in [-0.25, -0.2) is 4.79 Å². The van der Waals surface area contributed by atoms with Crippen molar-refractivity contribution in [2.45, 2.75) is 39.4 Å². The number of phenols is 1. The number of halogens is 1. The van der Waals surface area contributed by atoms with Crippen LogP contribution in [-0.4, -0.2) is 29.9 Å². The van der Waals surface area contributed by atoms with Crippen LogP contribution in [0.2, 0.25) is 0 Å². The van der Waals surface area contributed by atoms with Crippen molar-refractivity contribution in [3.63, 3.8) is 0 Å². The fraction of sp³-hybridized carbons (Fsp3) is 0.500. The molecule has 1 rings (SSSR count). The first kappa shape index (κ1) is 16.0. The van der Waals surface area contributed by atoms with Gasteiger partial charge in [-0.1, -0.05) is 6.07 Å². The molecule has 0 unspecified atom stereocenters. The van der Waals surface area contributed by atoms with E-state index in [1.54, 1.807) is 32.0 Å². The van der Waals surface area contributed by atoms with Crippen LogP contribution in [0, 0.1) is 0 Å². The summed E-state index contributed by atoms with van der Waals surface area (Å²) in [5, 5.41) is 9.44. The number of aromatic hydroxyl groups is 1. The summed E-state index contributed by atoms with van der Waals surface area (Å²) >= 11 is 3.25. The molecule has 0 amide bonds. The molecular weight excluding hydrogens is 312 g/mol. The van der Waals surface area contributed by atoms with E-state index in [-0.39, 0.29) is 17.8 Å². The van der Waals surface area contributed by atoms with Gasteiger partial charge in [-0.15, -0.1) is 0 Å². The molecule has 0 radical (unpaired) electrons. The van der Waals surface area contributed by atoms with E-state index in [0.717, 1.165) is 5.56 Å². The molecule has 1 atom stereocenters. The largest absolute Gasteiger partial charge is 0.507 e. The molecule has 0 spiro atoms. The standard InChI is InChI=1S/C14H19BrO4/c1-4-18-13(14(17)19-9(2)3)8-10-5-6-12(16)11(15)7-10/h5-7,9,13,16H,4,8H2,1-3H3/t13-/m0/s1. The van der Waals surface area contributed by atoms with Gasteiger partial charge in [0.25, 0.3) is 0 Å². The minimum Gasteiger partial charge on any atom is -0.507 e. The van der Waals surface area contributed by atoms with Crippen molar-refractivity contribution in [2.24, 2.45) is 0 Å². The van der Waals surface area contributed by atoms with Crippen molar-refractivity contribution < 1.29 is 19.4 Å². The van der Waals surface area contributed by atoms with Gasteiger partial charge < -0.3 is 14.6 Å². The van der Waals surface area contributed by atoms with Crippen LogP contribution in [0.1, 0.15) is 26.3 Å². The van der Waals surface area contributed by atoms with Gasteiger partial charge in [-0.2, -0.15) is 0 Å². The van der Waals surface area contributed by atoms with Crippen molar-refractivity contribution >= 4 is 21.9 Å². The van der Waals surface area contributed by atoms with Crippen LogP contribution in [0.5, 0.6) is 5.75 Å². The second-order valence-electron chi connectivity index (χ2n) is 4.42. The molecule has 0 aliphatic heterocycles. The molecule has 1 aromatic rings. The van der Waals surface area contributed by atoms with E-state index in [4.69, 9.17) is 9.47 Å². The molecule has 0 bridgehead atoms. The molecule has 0 aliphatic rings. The van der Waals surface area contributed by atoms with Gasteiger partial charge >= 0.3 is 5.97 Å². The third-order valence-electron chi connectivity index (χ3n) is 2.42. The number of hydrogen-bond donors (Lipinski definition) is 1. The molecule has 0 fully saturated rings. The van der Waals surface area contributed by atoms with Gasteiger partial charge in [0.2, 0.25) is 0 Å². The Bertz CT molecular complexity index is 431. The molecule has 19 heavy (non-hydrogen) atoms. The molecule has 0 heterocycles. The second-order valence-corrected chi connectivity index (χ2v) is 5.27. The maximum atomic E-state index is 11.9. The highest BCUT2D eigenvalue weighted by Crippen LogP contribution is 2.25. The topological polar surface area (TPSA) is 55.8 Å². The van der Waals surface area contributed by atoms with E-state index in [2.05, 4.69) is 15.9 Å². The Labute approximate surface area is 121 Å². The van der Waals surface area contributed by atoms with Gasteiger partial charge in [-0.05, 0) is 54.4 Å². The predicted molar refractivity (Wildman–Crippen MR) is 76.2 cm³/mol. The molecule has 1 aromatic carbocycles. The number of esters is 1. The fourth-order valence-corrected chi connectivity index (χ4v) is 2.04. The van der Waals surface area contributed by atoms with E-state index >= 15 is 0 Å². The quantitative estimate of drug-likeness (QED) is 0.814. The highest BCUT2D eigenvalue weighted by molar-refractivity contribution is 9.10. The number of hydrogen-bond acceptors (Lipinski definition) is 4. The van der Waals surface area contributed by atoms with Crippen LogP contribution in [0.25, 0.3) is 0 Å². The Balaban J connectivity index is 2.77. The number of benzene rings is 1. The number of carbonyl (C=O) groups is 1. The zero-order valence-corrected chi connectivity index (χ0v) is 12.9. The second kappa shape index (κ2) is 7.50. The van der Waals surface area contributed by atoms with Crippen LogP contribution in [0.3, 0.4) is 0 Å². The van der Waals surface area contributed by atoms with E-state index in [1.807, 2.05) is 6.92 Å². The van der Waals surface area contributed by atoms with Crippen LogP contribution >= 0.6 is 15.9 Å². The van der Waals surface area contributed by atoms with Crippen LogP contribution in [-0.2, 0) is 20.7 Å². The van der Waals surface area contributed by atoms with Gasteiger partial charge in [0, 0.05) is 13.0 Å². The molecule has 4 nitrogen and oxygen atoms in total. The molecule has 5 heteroatoms. The third kappa shape index (κ3) is 5.20. The molecular formula is C14H19BrO4. The van der Waals surface area contributed by atoms with E-state index in [9.17, 15) is 9.90 Å². The van der Waals surface area contributed by atoms with Gasteiger partial charge in [-0.3, -0.25) is 0 Å². The fourth-order valence-electron chi connectivity index (χ4n) is 1.61. The first-order valence-corrected chi connectivity index (χ1v) is 7.02. The third-order valence-corrected chi connectivity index (χ3v) is 3.05. The molecule has 1 N–H and O–H groups in total. The van der Waals surface area contributed by atoms with Crippen LogP contribution < -0.4 is 0 Å². The zero-order chi connectivity index (χ0) is 14.4. The smallest absolute Gasteiger partial charge is 0.335 e. The Hall–Kier alpha value is -1.07. The Morgan fingerprint density at radius 1 is 1.42 bits per heavy atom. The lowest BCUT2D eigenvalue weighted by Gasteiger charge is -2.18. The van der Waals surface area contributed by atoms with Crippen molar-refractivity contribution in [3.05, 3.63) is 28.2 Å². The summed E-state index contributed by atoms with van der Waals surface area (Å²) in [4.78, 5) is 11.9. The van der Waals surface area contributed by atoms with Crippen LogP contribution in [0.15, 0.2) is 22.7 Å². The van der Waals surface area contributed by atoms with Gasteiger partial charge in [0.05, 0.1) is 10.6 Å². The Morgan fingerprint density at radius 2 is 2.11 bits per heavy atom. The van der Waals surface area contributed by atoms with E-state index in [0.29, 0.717) is 17.5 Å². The highest BCUT2D eigenvalue weighted by Gasteiger charge is 2.22. The van der Waals surface area contributed by atoms with Gasteiger partial charge in [0.1, 0.15) is 5.75 Å². The highest BCUT2D eigenvalue weighted by atomic mass is 79.9. The lowest BCUT2D eigenvalue weighted by molar-refractivity contribution is -0.160. The monoisotopic (exact) mass is 330 g/mol. The van der Waals surface area contributed by atoms with E-state index < -0.39 is 6.10 Å². The first-order chi connectivity index (χ1) is 8.93. The summed E-state index contributed by atoms with van der Waals surface area (Å²) in [5.74, 6) is -0.192. The molecule has 0 aromatic heterocycles. The summed E-state index contributed by atoms with van der Waals surface area (Å²) in [7, 11) is 0. The summed E-state index contributed by atoms with van der Waals surface area (Å²) in [5.41, 5.74) is 0.892. The summed E-state index contributed by atoms with van der Waals surface area (Å²) in [6.07, 6.45) is -0.371. The summed E-state index contributed by atoms with van der Waals surface area (Å²) < 4.78 is 11.2. The zero-order valence-electron chi connectivity index (χ0n) is 11.4. The molecule has 106 valence electrons. The summed E-state index contributed by atoms with van der Waals surface area (Å²) in [6.45, 7) is 5.88. The minimum atomic E-state index is -0.621. The van der Waals surface area contributed by atoms with Crippen molar-refractivity contribution in [1.82, 2.24) is 0 Å². The Morgan fingerprint density at radius 3 is 2.63 bits per heavy atom. The van der Waals surface area contributed by atoms with Gasteiger partial charge in [0.15, 0.2) is 6.10 Å². The maximum Gasteiger partial charge on any atom is 0.335 e. The Kier molecular flexibility index (Phi) is 6.31. The summed E-state index contributed by atoms with van der Waals surface area (Å²) in [6, 6.07) is 5.11. The number of carbonyl (C=O) groups excluding carboxylic acids is 1. The molecule has 0 aliphatic carbocycles. The molecule has 0 saturated carbocycles. The number of rotatable bonds is 6. The molecule has 0 saturated heterocycles. The van der Waals surface area contributed by atoms with Crippen LogP contribution in [0.4, 0.5) is 0 Å². The lowest BCUT2D eigenvalue weighted by atomic mass is 10.1. The lowest BCUT2D eigenvalue weighted by Crippen LogP contribution is -2.30. The van der Waals surface area contributed by atoms with Crippen molar-refractivity contribution in [3.8, 4) is 5.75 Å². The normalized spacial score (nSPS) is 12.5. The van der Waals surface area contributed by atoms with E-state index in [1.165, 1.54) is 0 Å². The average Bonchev–Trinajstić information content (AvgIpc) is 2.32. The van der Waals surface area contributed by atoms with Crippen molar-refractivity contribution in [2.75, 3.05) is 6.61 Å². The average molecular weight is 331 g/mol. The number of phenolic OH excluding ortho intramolecular Hbond substituents is 1. The minimum absolute atomic E-state index is 0.165. The first-order valence-electron chi connectivity index (χ1n) is 6.23. The maximum absolute atomic E-state index is 11.9. The predicted octanol–water partition coefficient (Wildman–Crippen LogP) is 3.05. The number of ether oxygens (including phenoxy) is 2. The van der Waals surface area contributed by atoms with Crippen molar-refractivity contribution in [1.29, 1.82) is 0 Å².